The van der Waals surface area contributed by atoms with Crippen molar-refractivity contribution >= 4 is 33.8 Å². The van der Waals surface area contributed by atoms with Crippen LogP contribution in [0.25, 0.3) is 16.6 Å². The van der Waals surface area contributed by atoms with Crippen LogP contribution in [-0.2, 0) is 22.3 Å². The minimum atomic E-state index is 0.343. The summed E-state index contributed by atoms with van der Waals surface area (Å²) in [4.78, 5) is 7.28. The molecule has 180 valence electrons. The summed E-state index contributed by atoms with van der Waals surface area (Å²) in [7, 11) is 0. The van der Waals surface area contributed by atoms with E-state index >= 15 is 0 Å². The Morgan fingerprint density at radius 2 is 1.83 bits per heavy atom. The number of hydrogen-bond acceptors (Lipinski definition) is 7. The summed E-state index contributed by atoms with van der Waals surface area (Å²) in [5.41, 5.74) is 5.16. The highest BCUT2D eigenvalue weighted by molar-refractivity contribution is 6.30. The van der Waals surface area contributed by atoms with E-state index in [9.17, 15) is 0 Å². The van der Waals surface area contributed by atoms with E-state index in [1.165, 1.54) is 0 Å². The molecule has 0 bridgehead atoms. The Bertz CT molecular complexity index is 1390. The zero-order chi connectivity index (χ0) is 23.4. The van der Waals surface area contributed by atoms with Gasteiger partial charge < -0.3 is 14.4 Å². The zero-order valence-electron chi connectivity index (χ0n) is 19.5. The van der Waals surface area contributed by atoms with Gasteiger partial charge in [0, 0.05) is 49.6 Å². The molecule has 4 aromatic rings. The van der Waals surface area contributed by atoms with Crippen LogP contribution in [-0.4, -0.2) is 64.3 Å². The maximum absolute atomic E-state index is 6.13. The van der Waals surface area contributed by atoms with Crippen LogP contribution >= 0.6 is 11.6 Å². The van der Waals surface area contributed by atoms with Gasteiger partial charge in [0.1, 0.15) is 5.52 Å². The van der Waals surface area contributed by atoms with Crippen molar-refractivity contribution in [2.45, 2.75) is 25.7 Å². The van der Waals surface area contributed by atoms with Crippen LogP contribution in [0, 0.1) is 11.3 Å². The van der Waals surface area contributed by atoms with E-state index in [0.29, 0.717) is 17.8 Å². The van der Waals surface area contributed by atoms with E-state index in [2.05, 4.69) is 33.3 Å². The number of pyridine rings is 1. The van der Waals surface area contributed by atoms with Crippen molar-refractivity contribution in [1.29, 1.82) is 0 Å². The van der Waals surface area contributed by atoms with Gasteiger partial charge in [0.2, 0.25) is 5.65 Å². The van der Waals surface area contributed by atoms with Gasteiger partial charge in [0.05, 0.1) is 36.2 Å². The third kappa shape index (κ3) is 3.84. The molecule has 0 atom stereocenters. The van der Waals surface area contributed by atoms with Gasteiger partial charge >= 0.3 is 0 Å². The highest BCUT2D eigenvalue weighted by atomic mass is 35.5. The van der Waals surface area contributed by atoms with Crippen molar-refractivity contribution in [3.05, 3.63) is 58.6 Å². The molecule has 1 aromatic carbocycles. The number of ether oxygens (including phenoxy) is 2. The number of benzene rings is 1. The first-order valence-corrected chi connectivity index (χ1v) is 12.7. The van der Waals surface area contributed by atoms with E-state index in [-0.39, 0.29) is 0 Å². The van der Waals surface area contributed by atoms with Gasteiger partial charge in [-0.25, -0.2) is 4.98 Å². The quantitative estimate of drug-likeness (QED) is 0.422. The summed E-state index contributed by atoms with van der Waals surface area (Å²) in [6.45, 7) is 5.39. The SMILES string of the molecule is Clc1ccc(Cc2nn3c(CC4CCOCC4)nnc3c3ncc(N4CC5(COC5)C4)cc23)cc1. The summed E-state index contributed by atoms with van der Waals surface area (Å²) in [5, 5.41) is 15.9. The Balaban J connectivity index is 1.30. The fourth-order valence-electron chi connectivity index (χ4n) is 5.55. The largest absolute Gasteiger partial charge is 0.381 e. The molecule has 8 nitrogen and oxygen atoms in total. The maximum Gasteiger partial charge on any atom is 0.204 e. The van der Waals surface area contributed by atoms with Crippen molar-refractivity contribution in [3.63, 3.8) is 0 Å². The van der Waals surface area contributed by atoms with Crippen LogP contribution in [0.4, 0.5) is 5.69 Å². The fourth-order valence-corrected chi connectivity index (χ4v) is 5.67. The highest BCUT2D eigenvalue weighted by Crippen LogP contribution is 2.40. The molecule has 0 saturated carbocycles. The van der Waals surface area contributed by atoms with Gasteiger partial charge in [-0.3, -0.25) is 0 Å². The number of halogens is 1. The topological polar surface area (TPSA) is 77.7 Å². The summed E-state index contributed by atoms with van der Waals surface area (Å²) in [6.07, 6.45) is 5.59. The molecular formula is C26H27ClN6O2. The lowest BCUT2D eigenvalue weighted by molar-refractivity contribution is -0.127. The lowest BCUT2D eigenvalue weighted by Crippen LogP contribution is -2.66. The second kappa shape index (κ2) is 8.40. The smallest absolute Gasteiger partial charge is 0.204 e. The molecule has 3 aliphatic rings. The number of hydrogen-bond donors (Lipinski definition) is 0. The zero-order valence-corrected chi connectivity index (χ0v) is 20.2. The van der Waals surface area contributed by atoms with Crippen molar-refractivity contribution in [1.82, 2.24) is 24.8 Å². The molecule has 6 heterocycles. The number of aromatic nitrogens is 5. The molecule has 0 unspecified atom stereocenters. The molecule has 3 aliphatic heterocycles. The van der Waals surface area contributed by atoms with Crippen LogP contribution in [0.1, 0.15) is 29.9 Å². The molecule has 0 aliphatic carbocycles. The van der Waals surface area contributed by atoms with Gasteiger partial charge in [-0.05, 0) is 42.5 Å². The maximum atomic E-state index is 6.13. The molecule has 3 aromatic heterocycles. The number of anilines is 1. The first-order chi connectivity index (χ1) is 17.2. The fraction of sp³-hybridized carbons (Fsp3) is 0.462. The number of fused-ring (bicyclic) bond motifs is 3. The average molecular weight is 491 g/mol. The van der Waals surface area contributed by atoms with Crippen molar-refractivity contribution in [2.75, 3.05) is 44.4 Å². The Kier molecular flexibility index (Phi) is 5.15. The van der Waals surface area contributed by atoms with Gasteiger partial charge in [-0.2, -0.15) is 9.61 Å². The molecule has 35 heavy (non-hydrogen) atoms. The normalized spacial score (nSPS) is 19.9. The molecule has 3 saturated heterocycles. The first kappa shape index (κ1) is 21.5. The van der Waals surface area contributed by atoms with E-state index in [1.54, 1.807) is 0 Å². The molecule has 9 heteroatoms. The van der Waals surface area contributed by atoms with E-state index in [0.717, 1.165) is 103 Å². The van der Waals surface area contributed by atoms with Crippen LogP contribution in [0.5, 0.6) is 0 Å². The standard InChI is InChI=1S/C26H27ClN6O2/c27-19-3-1-17(2-4-19)9-22-21-11-20(32-13-26(14-32)15-35-16-26)12-28-24(21)25-30-29-23(33(25)31-22)10-18-5-7-34-8-6-18/h1-4,11-12,18H,5-10,13-16H2. The molecule has 0 N–H and O–H groups in total. The van der Waals surface area contributed by atoms with E-state index in [4.69, 9.17) is 31.2 Å². The Morgan fingerprint density at radius 3 is 2.57 bits per heavy atom. The van der Waals surface area contributed by atoms with Crippen LogP contribution in [0.15, 0.2) is 36.5 Å². The second-order valence-electron chi connectivity index (χ2n) is 10.3. The van der Waals surface area contributed by atoms with Crippen LogP contribution < -0.4 is 4.90 Å². The average Bonchev–Trinajstić information content (AvgIpc) is 3.22. The summed E-state index contributed by atoms with van der Waals surface area (Å²) >= 11 is 6.13. The number of rotatable bonds is 5. The summed E-state index contributed by atoms with van der Waals surface area (Å²) < 4.78 is 12.9. The van der Waals surface area contributed by atoms with Crippen LogP contribution in [0.2, 0.25) is 5.02 Å². The molecule has 0 radical (unpaired) electrons. The minimum absolute atomic E-state index is 0.343. The summed E-state index contributed by atoms with van der Waals surface area (Å²) in [6, 6.07) is 10.2. The van der Waals surface area contributed by atoms with Gasteiger partial charge in [-0.1, -0.05) is 23.7 Å². The highest BCUT2D eigenvalue weighted by Gasteiger charge is 2.49. The predicted molar refractivity (Wildman–Crippen MR) is 133 cm³/mol. The van der Waals surface area contributed by atoms with E-state index in [1.807, 2.05) is 22.8 Å². The van der Waals surface area contributed by atoms with Crippen molar-refractivity contribution < 1.29 is 9.47 Å². The van der Waals surface area contributed by atoms with E-state index < -0.39 is 0 Å². The van der Waals surface area contributed by atoms with Gasteiger partial charge in [0.15, 0.2) is 5.82 Å². The van der Waals surface area contributed by atoms with Gasteiger partial charge in [0.25, 0.3) is 0 Å². The van der Waals surface area contributed by atoms with Crippen molar-refractivity contribution in [2.24, 2.45) is 11.3 Å². The molecule has 3 fully saturated rings. The minimum Gasteiger partial charge on any atom is -0.381 e. The Labute approximate surface area is 208 Å². The predicted octanol–water partition coefficient (Wildman–Crippen LogP) is 3.72. The molecule has 7 rings (SSSR count). The Morgan fingerprint density at radius 1 is 1.03 bits per heavy atom. The van der Waals surface area contributed by atoms with Gasteiger partial charge in [-0.15, -0.1) is 10.2 Å². The molecule has 1 spiro atoms. The second-order valence-corrected chi connectivity index (χ2v) is 10.7. The number of nitrogens with zero attached hydrogens (tertiary/aromatic N) is 6. The molecular weight excluding hydrogens is 464 g/mol. The lowest BCUT2D eigenvalue weighted by Gasteiger charge is -2.55. The first-order valence-electron chi connectivity index (χ1n) is 12.3. The van der Waals surface area contributed by atoms with Crippen LogP contribution in [0.3, 0.4) is 0 Å². The Hall–Kier alpha value is -2.81. The molecule has 0 amide bonds. The third-order valence-electron chi connectivity index (χ3n) is 7.65. The third-order valence-corrected chi connectivity index (χ3v) is 7.91. The lowest BCUT2D eigenvalue weighted by atomic mass is 9.78. The van der Waals surface area contributed by atoms with Crippen molar-refractivity contribution in [3.8, 4) is 0 Å². The summed E-state index contributed by atoms with van der Waals surface area (Å²) in [5.74, 6) is 1.43. The monoisotopic (exact) mass is 490 g/mol.